The summed E-state index contributed by atoms with van der Waals surface area (Å²) in [5.41, 5.74) is 1.77. The first-order chi connectivity index (χ1) is 16.6. The largest absolute Gasteiger partial charge is 0.350 e. The van der Waals surface area contributed by atoms with Crippen molar-refractivity contribution < 1.29 is 4.79 Å². The molecule has 1 amide bonds. The van der Waals surface area contributed by atoms with E-state index in [0.717, 1.165) is 21.2 Å². The molecule has 0 atom stereocenters. The van der Waals surface area contributed by atoms with E-state index in [4.69, 9.17) is 0 Å². The zero-order chi connectivity index (χ0) is 23.5. The van der Waals surface area contributed by atoms with Gasteiger partial charge in [-0.05, 0) is 23.6 Å². The second kappa shape index (κ2) is 9.49. The Labute approximate surface area is 199 Å². The maximum Gasteiger partial charge on any atom is 0.332 e. The van der Waals surface area contributed by atoms with Gasteiger partial charge in [-0.2, -0.15) is 0 Å². The molecule has 170 valence electrons. The number of amides is 1. The lowest BCUT2D eigenvalue weighted by Gasteiger charge is -2.13. The van der Waals surface area contributed by atoms with Gasteiger partial charge in [-0.25, -0.2) is 4.79 Å². The van der Waals surface area contributed by atoms with E-state index in [-0.39, 0.29) is 24.6 Å². The van der Waals surface area contributed by atoms with Crippen LogP contribution in [0.1, 0.15) is 11.1 Å². The summed E-state index contributed by atoms with van der Waals surface area (Å²) in [5.74, 6) is -0.282. The van der Waals surface area contributed by atoms with Crippen molar-refractivity contribution in [3.05, 3.63) is 117 Å². The first kappa shape index (κ1) is 21.9. The molecule has 0 fully saturated rings. The fourth-order valence-electron chi connectivity index (χ4n) is 4.12. The van der Waals surface area contributed by atoms with Gasteiger partial charge < -0.3 is 5.32 Å². The molecule has 0 saturated heterocycles. The van der Waals surface area contributed by atoms with Gasteiger partial charge in [0.2, 0.25) is 5.91 Å². The number of hydrogen-bond acceptors (Lipinski definition) is 4. The van der Waals surface area contributed by atoms with E-state index in [9.17, 15) is 14.4 Å². The first-order valence-corrected chi connectivity index (χ1v) is 11.9. The minimum absolute atomic E-state index is 0.158. The molecule has 5 rings (SSSR count). The van der Waals surface area contributed by atoms with Crippen LogP contribution in [0.4, 0.5) is 0 Å². The molecule has 0 aliphatic rings. The minimum Gasteiger partial charge on any atom is -0.350 e. The third kappa shape index (κ3) is 4.30. The number of carbonyl (C=O) groups is 1. The summed E-state index contributed by atoms with van der Waals surface area (Å²) in [6.45, 7) is 0.460. The van der Waals surface area contributed by atoms with E-state index in [0.29, 0.717) is 23.2 Å². The Kier molecular flexibility index (Phi) is 6.10. The van der Waals surface area contributed by atoms with Gasteiger partial charge in [-0.15, -0.1) is 11.3 Å². The maximum atomic E-state index is 13.5. The second-order valence-corrected chi connectivity index (χ2v) is 9.15. The smallest absolute Gasteiger partial charge is 0.332 e. The van der Waals surface area contributed by atoms with Gasteiger partial charge in [0.25, 0.3) is 5.56 Å². The molecule has 0 saturated carbocycles. The Morgan fingerprint density at radius 3 is 2.18 bits per heavy atom. The molecule has 0 aliphatic heterocycles. The maximum absolute atomic E-state index is 13.5. The van der Waals surface area contributed by atoms with Crippen molar-refractivity contribution in [3.63, 3.8) is 0 Å². The molecule has 5 aromatic rings. The summed E-state index contributed by atoms with van der Waals surface area (Å²) in [5, 5.41) is 3.70. The van der Waals surface area contributed by atoms with E-state index in [1.54, 1.807) is 0 Å². The molecule has 0 unspecified atom stereocenters. The fraction of sp³-hybridized carbons (Fsp3) is 0.148. The number of aromatic nitrogens is 2. The third-order valence-electron chi connectivity index (χ3n) is 5.84. The highest BCUT2D eigenvalue weighted by Gasteiger charge is 2.19. The van der Waals surface area contributed by atoms with Crippen molar-refractivity contribution in [2.24, 2.45) is 0 Å². The molecule has 3 aromatic carbocycles. The van der Waals surface area contributed by atoms with Gasteiger partial charge in [0, 0.05) is 23.2 Å². The van der Waals surface area contributed by atoms with Gasteiger partial charge in [0.05, 0.1) is 5.52 Å². The zero-order valence-electron chi connectivity index (χ0n) is 18.4. The quantitative estimate of drug-likeness (QED) is 0.393. The average molecular weight is 470 g/mol. The van der Waals surface area contributed by atoms with Crippen molar-refractivity contribution in [3.8, 4) is 0 Å². The predicted molar refractivity (Wildman–Crippen MR) is 136 cm³/mol. The zero-order valence-corrected chi connectivity index (χ0v) is 19.3. The molecular weight excluding hydrogens is 446 g/mol. The van der Waals surface area contributed by atoms with Crippen molar-refractivity contribution in [1.82, 2.24) is 14.5 Å². The summed E-state index contributed by atoms with van der Waals surface area (Å²) in [6.07, 6.45) is 0.548. The van der Waals surface area contributed by atoms with Crippen LogP contribution in [0.5, 0.6) is 0 Å². The van der Waals surface area contributed by atoms with E-state index < -0.39 is 5.69 Å². The Hall–Kier alpha value is -3.97. The standard InChI is InChI=1S/C27H23N3O3S/c31-23(28-17-20-11-5-2-6-12-20)18-30-24-21-13-7-8-14-22(21)34-25(24)26(32)29(27(30)33)16-15-19-9-3-1-4-10-19/h1-14H,15-18H2,(H,28,31). The number of benzene rings is 3. The van der Waals surface area contributed by atoms with Gasteiger partial charge in [-0.1, -0.05) is 78.9 Å². The van der Waals surface area contributed by atoms with Crippen molar-refractivity contribution in [2.45, 2.75) is 26.1 Å². The highest BCUT2D eigenvalue weighted by Crippen LogP contribution is 2.30. The number of nitrogens with zero attached hydrogens (tertiary/aromatic N) is 2. The van der Waals surface area contributed by atoms with Crippen LogP contribution in [0.15, 0.2) is 94.5 Å². The summed E-state index contributed by atoms with van der Waals surface area (Å²) in [6, 6.07) is 26.9. The molecule has 34 heavy (non-hydrogen) atoms. The number of fused-ring (bicyclic) bond motifs is 3. The van der Waals surface area contributed by atoms with Crippen LogP contribution in [0, 0.1) is 0 Å². The SMILES string of the molecule is O=C(Cn1c(=O)n(CCc2ccccc2)c(=O)c2sc3ccccc3c21)NCc1ccccc1. The monoisotopic (exact) mass is 469 g/mol. The topological polar surface area (TPSA) is 73.1 Å². The Morgan fingerprint density at radius 1 is 0.794 bits per heavy atom. The van der Waals surface area contributed by atoms with Crippen molar-refractivity contribution in [2.75, 3.05) is 0 Å². The van der Waals surface area contributed by atoms with Crippen molar-refractivity contribution >= 4 is 37.5 Å². The van der Waals surface area contributed by atoms with E-state index in [1.807, 2.05) is 84.9 Å². The third-order valence-corrected chi connectivity index (χ3v) is 6.99. The molecule has 7 heteroatoms. The summed E-state index contributed by atoms with van der Waals surface area (Å²) >= 11 is 1.36. The van der Waals surface area contributed by atoms with Crippen LogP contribution in [0.2, 0.25) is 0 Å². The van der Waals surface area contributed by atoms with E-state index in [2.05, 4.69) is 5.32 Å². The van der Waals surface area contributed by atoms with Gasteiger partial charge in [0.1, 0.15) is 11.2 Å². The molecule has 2 heterocycles. The molecule has 0 radical (unpaired) electrons. The van der Waals surface area contributed by atoms with Crippen molar-refractivity contribution in [1.29, 1.82) is 0 Å². The molecule has 1 N–H and O–H groups in total. The van der Waals surface area contributed by atoms with Gasteiger partial charge >= 0.3 is 5.69 Å². The first-order valence-electron chi connectivity index (χ1n) is 11.1. The van der Waals surface area contributed by atoms with E-state index in [1.165, 1.54) is 20.5 Å². The van der Waals surface area contributed by atoms with Gasteiger partial charge in [0.15, 0.2) is 0 Å². The molecular formula is C27H23N3O3S. The molecule has 0 spiro atoms. The second-order valence-electron chi connectivity index (χ2n) is 8.10. The van der Waals surface area contributed by atoms with Crippen LogP contribution in [-0.2, 0) is 30.8 Å². The summed E-state index contributed by atoms with van der Waals surface area (Å²) in [7, 11) is 0. The number of rotatable bonds is 7. The van der Waals surface area contributed by atoms with Crippen LogP contribution in [0.25, 0.3) is 20.3 Å². The van der Waals surface area contributed by atoms with Crippen LogP contribution in [-0.4, -0.2) is 15.0 Å². The molecule has 6 nitrogen and oxygen atoms in total. The number of aryl methyl sites for hydroxylation is 1. The van der Waals surface area contributed by atoms with Crippen LogP contribution in [0.3, 0.4) is 0 Å². The molecule has 0 bridgehead atoms. The van der Waals surface area contributed by atoms with Gasteiger partial charge in [-0.3, -0.25) is 18.7 Å². The molecule has 2 aromatic heterocycles. The summed E-state index contributed by atoms with van der Waals surface area (Å²) in [4.78, 5) is 39.7. The average Bonchev–Trinajstić information content (AvgIpc) is 3.26. The lowest BCUT2D eigenvalue weighted by Crippen LogP contribution is -2.42. The predicted octanol–water partition coefficient (Wildman–Crippen LogP) is 3.94. The lowest BCUT2D eigenvalue weighted by atomic mass is 10.1. The fourth-order valence-corrected chi connectivity index (χ4v) is 5.28. The number of hydrogen-bond donors (Lipinski definition) is 1. The lowest BCUT2D eigenvalue weighted by molar-refractivity contribution is -0.121. The Bertz CT molecular complexity index is 1580. The number of thiophene rings is 1. The Morgan fingerprint density at radius 2 is 1.44 bits per heavy atom. The van der Waals surface area contributed by atoms with Crippen LogP contribution >= 0.6 is 11.3 Å². The minimum atomic E-state index is -0.466. The van der Waals surface area contributed by atoms with E-state index >= 15 is 0 Å². The normalized spacial score (nSPS) is 11.2. The highest BCUT2D eigenvalue weighted by molar-refractivity contribution is 7.25. The molecule has 0 aliphatic carbocycles. The summed E-state index contributed by atoms with van der Waals surface area (Å²) < 4.78 is 4.11. The number of nitrogens with one attached hydrogen (secondary N) is 1. The Balaban J connectivity index is 1.54. The number of carbonyl (C=O) groups excluding carboxylic acids is 1. The highest BCUT2D eigenvalue weighted by atomic mass is 32.1. The van der Waals surface area contributed by atoms with Crippen LogP contribution < -0.4 is 16.6 Å².